The average Bonchev–Trinajstić information content (AvgIpc) is 3.72. The first-order valence-electron chi connectivity index (χ1n) is 13.2. The van der Waals surface area contributed by atoms with Crippen molar-refractivity contribution in [1.82, 2.24) is 4.90 Å². The molecule has 0 aliphatic carbocycles. The van der Waals surface area contributed by atoms with Crippen LogP contribution < -0.4 is 10.1 Å². The molecule has 8 nitrogen and oxygen atoms in total. The summed E-state index contributed by atoms with van der Waals surface area (Å²) in [5.74, 6) is -2.06. The van der Waals surface area contributed by atoms with Gasteiger partial charge in [-0.05, 0) is 53.1 Å². The molecule has 41 heavy (non-hydrogen) atoms. The molecule has 1 amide bonds. The summed E-state index contributed by atoms with van der Waals surface area (Å²) >= 11 is 0. The summed E-state index contributed by atoms with van der Waals surface area (Å²) in [6, 6.07) is 25.0. The predicted molar refractivity (Wildman–Crippen MR) is 149 cm³/mol. The molecule has 4 aromatic rings. The summed E-state index contributed by atoms with van der Waals surface area (Å²) in [5, 5.41) is 12.1. The number of carbonyl (C=O) groups excluding carboxylic acids is 3. The third-order valence-electron chi connectivity index (χ3n) is 8.33. The lowest BCUT2D eigenvalue weighted by molar-refractivity contribution is -0.122. The monoisotopic (exact) mass is 541 g/mol. The van der Waals surface area contributed by atoms with Gasteiger partial charge in [0.15, 0.2) is 18.2 Å². The zero-order chi connectivity index (χ0) is 28.1. The van der Waals surface area contributed by atoms with Gasteiger partial charge < -0.3 is 19.4 Å². The maximum Gasteiger partial charge on any atom is 0.238 e. The van der Waals surface area contributed by atoms with E-state index in [1.54, 1.807) is 42.6 Å². The Hall–Kier alpha value is -5.42. The minimum atomic E-state index is -1.45. The highest BCUT2D eigenvalue weighted by Crippen LogP contribution is 2.62. The van der Waals surface area contributed by atoms with Gasteiger partial charge in [0.2, 0.25) is 11.7 Å². The highest BCUT2D eigenvalue weighted by Gasteiger charge is 2.71. The van der Waals surface area contributed by atoms with Gasteiger partial charge in [0.1, 0.15) is 23.3 Å². The highest BCUT2D eigenvalue weighted by atomic mass is 16.5. The van der Waals surface area contributed by atoms with Crippen LogP contribution in [0.5, 0.6) is 5.75 Å². The molecule has 1 spiro atoms. The van der Waals surface area contributed by atoms with E-state index in [9.17, 15) is 14.4 Å². The molecule has 4 atom stereocenters. The summed E-state index contributed by atoms with van der Waals surface area (Å²) in [6.45, 7) is -0.247. The van der Waals surface area contributed by atoms with Crippen molar-refractivity contribution in [2.24, 2.45) is 5.92 Å². The number of amides is 1. The normalized spacial score (nSPS) is 23.3. The Balaban J connectivity index is 1.52. The molecule has 7 rings (SSSR count). The lowest BCUT2D eigenvalue weighted by Crippen LogP contribution is -2.49. The zero-order valence-corrected chi connectivity index (χ0v) is 21.7. The van der Waals surface area contributed by atoms with E-state index in [2.05, 4.69) is 5.32 Å². The Kier molecular flexibility index (Phi) is 5.61. The number of rotatable bonds is 6. The molecule has 3 aliphatic rings. The second-order valence-electron chi connectivity index (χ2n) is 10.2. The van der Waals surface area contributed by atoms with E-state index in [0.717, 1.165) is 11.1 Å². The van der Waals surface area contributed by atoms with Crippen LogP contribution in [0.25, 0.3) is 6.08 Å². The molecule has 1 aromatic heterocycles. The lowest BCUT2D eigenvalue weighted by atomic mass is 9.63. The Labute approximate surface area is 235 Å². The number of hydrogen-bond acceptors (Lipinski definition) is 7. The second kappa shape index (κ2) is 9.35. The maximum atomic E-state index is 14.7. The van der Waals surface area contributed by atoms with Gasteiger partial charge in [-0.2, -0.15) is 5.26 Å². The second-order valence-corrected chi connectivity index (χ2v) is 10.2. The number of ether oxygens (including phenoxy) is 1. The number of hydrogen-bond donors (Lipinski definition) is 1. The standard InChI is InChI=1S/C33H23N3O5/c34-16-19-41-25-13-6-3-10-22(25)29(37)28-27(30(38)26-14-7-18-40-26)33(23-11-4-5-12-24(23)35-32(33)39)31-21-9-2-1-8-20(21)15-17-36(28)31/h1-15,17-18,27-28,31H,19H2,(H,35,39)/t27-,28-,31+,33+/m0/s1. The number of fused-ring (bicyclic) bond motifs is 6. The van der Waals surface area contributed by atoms with Crippen molar-refractivity contribution in [1.29, 1.82) is 5.26 Å². The van der Waals surface area contributed by atoms with E-state index in [4.69, 9.17) is 14.4 Å². The van der Waals surface area contributed by atoms with Gasteiger partial charge in [0.25, 0.3) is 0 Å². The molecule has 1 fully saturated rings. The molecule has 0 radical (unpaired) electrons. The van der Waals surface area contributed by atoms with Crippen molar-refractivity contribution >= 4 is 29.2 Å². The van der Waals surface area contributed by atoms with Crippen LogP contribution in [0.3, 0.4) is 0 Å². The minimum absolute atomic E-state index is 0.0653. The first-order valence-corrected chi connectivity index (χ1v) is 13.2. The van der Waals surface area contributed by atoms with Crippen LogP contribution in [-0.4, -0.2) is 35.0 Å². The van der Waals surface area contributed by atoms with E-state index in [1.807, 2.05) is 65.6 Å². The number of nitriles is 1. The molecule has 0 unspecified atom stereocenters. The molecule has 1 N–H and O–H groups in total. The van der Waals surface area contributed by atoms with Crippen molar-refractivity contribution in [3.63, 3.8) is 0 Å². The smallest absolute Gasteiger partial charge is 0.238 e. The fourth-order valence-corrected chi connectivity index (χ4v) is 6.81. The molecule has 200 valence electrons. The third-order valence-corrected chi connectivity index (χ3v) is 8.33. The number of benzene rings is 3. The van der Waals surface area contributed by atoms with Crippen LogP contribution in [0, 0.1) is 17.2 Å². The topological polar surface area (TPSA) is 113 Å². The van der Waals surface area contributed by atoms with Crippen LogP contribution in [0.4, 0.5) is 5.69 Å². The number of para-hydroxylation sites is 2. The summed E-state index contributed by atoms with van der Waals surface area (Å²) in [4.78, 5) is 45.5. The van der Waals surface area contributed by atoms with Crippen LogP contribution >= 0.6 is 0 Å². The Morgan fingerprint density at radius 1 is 0.976 bits per heavy atom. The van der Waals surface area contributed by atoms with Gasteiger partial charge in [-0.3, -0.25) is 14.4 Å². The number of carbonyl (C=O) groups is 3. The zero-order valence-electron chi connectivity index (χ0n) is 21.7. The lowest BCUT2D eigenvalue weighted by Gasteiger charge is -2.38. The number of nitrogens with one attached hydrogen (secondary N) is 1. The largest absolute Gasteiger partial charge is 0.478 e. The Morgan fingerprint density at radius 3 is 2.59 bits per heavy atom. The number of Topliss-reactive ketones (excluding diaryl/α,β-unsaturated/α-hetero) is 2. The SMILES string of the molecule is N#CCOc1ccccc1C(=O)[C@@H]1[C@@H](C(=O)c2ccco2)[C@@]2(C(=O)Nc3ccccc32)[C@H]2c3ccccc3C=CN12. The maximum absolute atomic E-state index is 14.7. The summed E-state index contributed by atoms with van der Waals surface area (Å²) in [6.07, 6.45) is 5.11. The molecule has 1 saturated heterocycles. The minimum Gasteiger partial charge on any atom is -0.478 e. The molecule has 3 aromatic carbocycles. The van der Waals surface area contributed by atoms with Gasteiger partial charge in [-0.15, -0.1) is 0 Å². The van der Waals surface area contributed by atoms with E-state index < -0.39 is 35.0 Å². The van der Waals surface area contributed by atoms with Crippen molar-refractivity contribution < 1.29 is 23.5 Å². The fourth-order valence-electron chi connectivity index (χ4n) is 6.81. The summed E-state index contributed by atoms with van der Waals surface area (Å²) in [7, 11) is 0. The van der Waals surface area contributed by atoms with Gasteiger partial charge in [-0.25, -0.2) is 0 Å². The van der Waals surface area contributed by atoms with Gasteiger partial charge in [-0.1, -0.05) is 54.6 Å². The van der Waals surface area contributed by atoms with Crippen LogP contribution in [0.15, 0.2) is 102 Å². The fraction of sp³-hybridized carbons (Fsp3) is 0.152. The van der Waals surface area contributed by atoms with Gasteiger partial charge in [0, 0.05) is 11.9 Å². The highest BCUT2D eigenvalue weighted by molar-refractivity contribution is 6.16. The Morgan fingerprint density at radius 2 is 1.76 bits per heavy atom. The third kappa shape index (κ3) is 3.42. The number of ketones is 2. The van der Waals surface area contributed by atoms with Crippen molar-refractivity contribution in [2.45, 2.75) is 17.5 Å². The van der Waals surface area contributed by atoms with E-state index in [1.165, 1.54) is 6.26 Å². The molecule has 4 heterocycles. The summed E-state index contributed by atoms with van der Waals surface area (Å²) in [5.41, 5.74) is 1.76. The van der Waals surface area contributed by atoms with Gasteiger partial charge in [0.05, 0.1) is 23.8 Å². The predicted octanol–water partition coefficient (Wildman–Crippen LogP) is 5.16. The average molecular weight is 542 g/mol. The van der Waals surface area contributed by atoms with Crippen LogP contribution in [0.2, 0.25) is 0 Å². The number of furan rings is 1. The van der Waals surface area contributed by atoms with E-state index in [-0.39, 0.29) is 29.6 Å². The molecule has 0 bridgehead atoms. The quantitative estimate of drug-likeness (QED) is 0.335. The first-order chi connectivity index (χ1) is 20.1. The van der Waals surface area contributed by atoms with Gasteiger partial charge >= 0.3 is 0 Å². The molecule has 3 aliphatic heterocycles. The molecular formula is C33H23N3O5. The van der Waals surface area contributed by atoms with E-state index in [0.29, 0.717) is 11.3 Å². The van der Waals surface area contributed by atoms with Crippen LogP contribution in [-0.2, 0) is 10.2 Å². The molecular weight excluding hydrogens is 518 g/mol. The van der Waals surface area contributed by atoms with Crippen molar-refractivity contribution in [3.05, 3.63) is 125 Å². The number of anilines is 1. The Bertz CT molecular complexity index is 1790. The molecule has 8 heteroatoms. The summed E-state index contributed by atoms with van der Waals surface area (Å²) < 4.78 is 11.2. The van der Waals surface area contributed by atoms with E-state index >= 15 is 0 Å². The molecule has 0 saturated carbocycles. The number of nitrogens with zero attached hydrogens (tertiary/aromatic N) is 2. The van der Waals surface area contributed by atoms with Crippen molar-refractivity contribution in [3.8, 4) is 11.8 Å². The van der Waals surface area contributed by atoms with Crippen LogP contribution in [0.1, 0.15) is 43.6 Å². The van der Waals surface area contributed by atoms with Crippen molar-refractivity contribution in [2.75, 3.05) is 11.9 Å². The first kappa shape index (κ1) is 24.6.